The molecule has 2 rings (SSSR count). The second-order valence-electron chi connectivity index (χ2n) is 6.30. The SMILES string of the molecule is CC(C)CN1CCC(N2CCC(P)CC2)CC1. The summed E-state index contributed by atoms with van der Waals surface area (Å²) in [5.41, 5.74) is 0.882. The molecule has 0 spiro atoms. The Hall–Kier alpha value is 0.350. The predicted molar refractivity (Wildman–Crippen MR) is 78.6 cm³/mol. The summed E-state index contributed by atoms with van der Waals surface area (Å²) in [6, 6.07) is 0.885. The second kappa shape index (κ2) is 6.50. The molecule has 0 N–H and O–H groups in total. The van der Waals surface area contributed by atoms with E-state index in [0.717, 1.165) is 17.6 Å². The third-order valence-electron chi connectivity index (χ3n) is 4.27. The molecule has 0 aromatic heterocycles. The maximum absolute atomic E-state index is 3.00. The van der Waals surface area contributed by atoms with Crippen LogP contribution >= 0.6 is 9.24 Å². The van der Waals surface area contributed by atoms with Crippen molar-refractivity contribution in [2.24, 2.45) is 5.92 Å². The largest absolute Gasteiger partial charge is 0.303 e. The van der Waals surface area contributed by atoms with Crippen molar-refractivity contribution in [3.8, 4) is 0 Å². The van der Waals surface area contributed by atoms with Crippen molar-refractivity contribution in [3.05, 3.63) is 0 Å². The van der Waals surface area contributed by atoms with E-state index in [2.05, 4.69) is 32.9 Å². The number of piperidine rings is 2. The number of hydrogen-bond donors (Lipinski definition) is 0. The van der Waals surface area contributed by atoms with E-state index >= 15 is 0 Å². The number of hydrogen-bond acceptors (Lipinski definition) is 2. The lowest BCUT2D eigenvalue weighted by molar-refractivity contribution is 0.0889. The fourth-order valence-electron chi connectivity index (χ4n) is 3.27. The Morgan fingerprint density at radius 3 is 2.12 bits per heavy atom. The minimum Gasteiger partial charge on any atom is -0.303 e. The topological polar surface area (TPSA) is 6.48 Å². The minimum absolute atomic E-state index is 0.819. The van der Waals surface area contributed by atoms with Gasteiger partial charge in [-0.25, -0.2) is 0 Å². The van der Waals surface area contributed by atoms with Gasteiger partial charge in [0.05, 0.1) is 0 Å². The first-order chi connectivity index (χ1) is 8.15. The molecular formula is C14H29N2P. The van der Waals surface area contributed by atoms with Crippen LogP contribution in [0.3, 0.4) is 0 Å². The van der Waals surface area contributed by atoms with Crippen molar-refractivity contribution in [2.75, 3.05) is 32.7 Å². The molecule has 0 amide bonds. The van der Waals surface area contributed by atoms with E-state index in [9.17, 15) is 0 Å². The summed E-state index contributed by atoms with van der Waals surface area (Å²) in [6.07, 6.45) is 5.57. The van der Waals surface area contributed by atoms with Crippen LogP contribution in [-0.4, -0.2) is 54.2 Å². The van der Waals surface area contributed by atoms with Gasteiger partial charge in [0, 0.05) is 12.6 Å². The molecule has 17 heavy (non-hydrogen) atoms. The van der Waals surface area contributed by atoms with Crippen molar-refractivity contribution >= 4 is 9.24 Å². The molecule has 2 nitrogen and oxygen atoms in total. The van der Waals surface area contributed by atoms with E-state index in [0.29, 0.717) is 0 Å². The lowest BCUT2D eigenvalue weighted by atomic mass is 9.99. The molecule has 1 unspecified atom stereocenters. The van der Waals surface area contributed by atoms with Gasteiger partial charge in [0.2, 0.25) is 0 Å². The molecule has 2 aliphatic heterocycles. The Labute approximate surface area is 109 Å². The monoisotopic (exact) mass is 256 g/mol. The highest BCUT2D eigenvalue weighted by Crippen LogP contribution is 2.24. The van der Waals surface area contributed by atoms with Crippen LogP contribution in [0.15, 0.2) is 0 Å². The lowest BCUT2D eigenvalue weighted by Gasteiger charge is -2.41. The van der Waals surface area contributed by atoms with Gasteiger partial charge in [-0.05, 0) is 63.4 Å². The Morgan fingerprint density at radius 2 is 1.59 bits per heavy atom. The molecule has 1 atom stereocenters. The normalized spacial score (nSPS) is 26.8. The average molecular weight is 256 g/mol. The van der Waals surface area contributed by atoms with Crippen LogP contribution in [-0.2, 0) is 0 Å². The van der Waals surface area contributed by atoms with Gasteiger partial charge in [-0.3, -0.25) is 0 Å². The fourth-order valence-corrected chi connectivity index (χ4v) is 3.57. The molecule has 0 bridgehead atoms. The smallest absolute Gasteiger partial charge is 0.0120 e. The van der Waals surface area contributed by atoms with Gasteiger partial charge < -0.3 is 9.80 Å². The molecule has 100 valence electrons. The summed E-state index contributed by atoms with van der Waals surface area (Å²) in [4.78, 5) is 5.41. The average Bonchev–Trinajstić information content (AvgIpc) is 2.30. The third-order valence-corrected chi connectivity index (χ3v) is 4.94. The summed E-state index contributed by atoms with van der Waals surface area (Å²) < 4.78 is 0. The maximum atomic E-state index is 3.00. The Kier molecular flexibility index (Phi) is 5.26. The van der Waals surface area contributed by atoms with Crippen LogP contribution in [0.4, 0.5) is 0 Å². The van der Waals surface area contributed by atoms with E-state index in [1.807, 2.05) is 0 Å². The zero-order valence-corrected chi connectivity index (χ0v) is 12.7. The summed E-state index contributed by atoms with van der Waals surface area (Å²) in [7, 11) is 3.00. The van der Waals surface area contributed by atoms with Crippen LogP contribution < -0.4 is 0 Å². The molecule has 0 aromatic rings. The van der Waals surface area contributed by atoms with Crippen LogP contribution in [0.1, 0.15) is 39.5 Å². The number of likely N-dealkylation sites (tertiary alicyclic amines) is 2. The van der Waals surface area contributed by atoms with Gasteiger partial charge in [-0.1, -0.05) is 13.8 Å². The van der Waals surface area contributed by atoms with Crippen LogP contribution in [0, 0.1) is 5.92 Å². The van der Waals surface area contributed by atoms with Gasteiger partial charge in [0.25, 0.3) is 0 Å². The highest BCUT2D eigenvalue weighted by Gasteiger charge is 2.27. The summed E-state index contributed by atoms with van der Waals surface area (Å²) in [5.74, 6) is 0.819. The van der Waals surface area contributed by atoms with Gasteiger partial charge in [0.1, 0.15) is 0 Å². The standard InChI is InChI=1S/C14H29N2P/c1-12(2)11-15-7-3-13(4-8-15)16-9-5-14(17)6-10-16/h12-14H,3-11,17H2,1-2H3. The maximum Gasteiger partial charge on any atom is 0.0120 e. The second-order valence-corrected chi connectivity index (χ2v) is 7.24. The van der Waals surface area contributed by atoms with E-state index in [-0.39, 0.29) is 0 Å². The molecule has 2 saturated heterocycles. The molecule has 0 aromatic carbocycles. The first-order valence-corrected chi connectivity index (χ1v) is 8.04. The van der Waals surface area contributed by atoms with Crippen LogP contribution in [0.2, 0.25) is 0 Å². The summed E-state index contributed by atoms with van der Waals surface area (Å²) in [6.45, 7) is 11.3. The van der Waals surface area contributed by atoms with Crippen LogP contribution in [0.5, 0.6) is 0 Å². The summed E-state index contributed by atoms with van der Waals surface area (Å²) in [5, 5.41) is 0. The first kappa shape index (κ1) is 13.8. The molecule has 0 aliphatic carbocycles. The molecule has 2 heterocycles. The number of rotatable bonds is 3. The van der Waals surface area contributed by atoms with Crippen molar-refractivity contribution < 1.29 is 0 Å². The first-order valence-electron chi connectivity index (χ1n) is 7.37. The van der Waals surface area contributed by atoms with Gasteiger partial charge in [0.15, 0.2) is 0 Å². The van der Waals surface area contributed by atoms with Crippen molar-refractivity contribution in [2.45, 2.75) is 51.2 Å². The zero-order valence-electron chi connectivity index (χ0n) is 11.6. The molecule has 0 radical (unpaired) electrons. The van der Waals surface area contributed by atoms with Crippen LogP contribution in [0.25, 0.3) is 0 Å². The van der Waals surface area contributed by atoms with E-state index in [4.69, 9.17) is 0 Å². The predicted octanol–water partition coefficient (Wildman–Crippen LogP) is 2.45. The fraction of sp³-hybridized carbons (Fsp3) is 1.00. The Morgan fingerprint density at radius 1 is 1.00 bits per heavy atom. The quantitative estimate of drug-likeness (QED) is 0.716. The van der Waals surface area contributed by atoms with E-state index in [1.54, 1.807) is 0 Å². The van der Waals surface area contributed by atoms with E-state index in [1.165, 1.54) is 58.4 Å². The van der Waals surface area contributed by atoms with Gasteiger partial charge in [-0.15, -0.1) is 9.24 Å². The minimum atomic E-state index is 0.819. The summed E-state index contributed by atoms with van der Waals surface area (Å²) >= 11 is 0. The van der Waals surface area contributed by atoms with Gasteiger partial charge >= 0.3 is 0 Å². The highest BCUT2D eigenvalue weighted by atomic mass is 31.0. The highest BCUT2D eigenvalue weighted by molar-refractivity contribution is 7.17. The van der Waals surface area contributed by atoms with Crippen molar-refractivity contribution in [1.82, 2.24) is 9.80 Å². The lowest BCUT2D eigenvalue weighted by Crippen LogP contribution is -2.48. The molecular weight excluding hydrogens is 227 g/mol. The molecule has 3 heteroatoms. The van der Waals surface area contributed by atoms with E-state index < -0.39 is 0 Å². The molecule has 0 saturated carbocycles. The Bertz CT molecular complexity index is 216. The molecule has 2 fully saturated rings. The van der Waals surface area contributed by atoms with Crippen molar-refractivity contribution in [1.29, 1.82) is 0 Å². The zero-order chi connectivity index (χ0) is 12.3. The molecule has 2 aliphatic rings. The third kappa shape index (κ3) is 4.19. The Balaban J connectivity index is 1.71. The van der Waals surface area contributed by atoms with Crippen molar-refractivity contribution in [3.63, 3.8) is 0 Å². The number of nitrogens with zero attached hydrogens (tertiary/aromatic N) is 2. The van der Waals surface area contributed by atoms with Gasteiger partial charge in [-0.2, -0.15) is 0 Å².